The number of pyridine rings is 1. The third-order valence-corrected chi connectivity index (χ3v) is 4.76. The number of anilines is 2. The zero-order valence-corrected chi connectivity index (χ0v) is 14.0. The summed E-state index contributed by atoms with van der Waals surface area (Å²) in [6, 6.07) is 6.58. The Balaban J connectivity index is 1.57. The second kappa shape index (κ2) is 6.20. The fourth-order valence-electron chi connectivity index (χ4n) is 3.32. The Morgan fingerprint density at radius 3 is 2.84 bits per heavy atom. The fourth-order valence-corrected chi connectivity index (χ4v) is 3.32. The Morgan fingerprint density at radius 2 is 2.08 bits per heavy atom. The van der Waals surface area contributed by atoms with Crippen LogP contribution in [-0.2, 0) is 0 Å². The second-order valence-electron chi connectivity index (χ2n) is 6.35. The molecule has 0 radical (unpaired) electrons. The molecule has 1 aromatic carbocycles. The van der Waals surface area contributed by atoms with Crippen molar-refractivity contribution in [3.05, 3.63) is 53.6 Å². The molecule has 3 heterocycles. The van der Waals surface area contributed by atoms with Crippen molar-refractivity contribution in [2.24, 2.45) is 0 Å². The molecule has 1 aliphatic rings. The van der Waals surface area contributed by atoms with E-state index in [2.05, 4.69) is 15.3 Å². The maximum atomic E-state index is 14.4. The Hall–Kier alpha value is -2.89. The van der Waals surface area contributed by atoms with Gasteiger partial charge in [0.2, 0.25) is 0 Å². The molecule has 0 spiro atoms. The van der Waals surface area contributed by atoms with E-state index in [1.807, 2.05) is 24.1 Å². The standard InChI is InChI=1S/C19H19FN4O/c1-12-14-6-7-21-18(14)22-11-16(12)23-19(25)13-4-5-17(15(20)10-13)24-8-2-3-9-24/h4-7,10-11H,2-3,8-9H2,1H3,(H,21,22)(H,23,25). The number of carbonyl (C=O) groups is 1. The van der Waals surface area contributed by atoms with Crippen LogP contribution in [0.1, 0.15) is 28.8 Å². The molecule has 3 aromatic rings. The molecule has 5 nitrogen and oxygen atoms in total. The first kappa shape index (κ1) is 15.6. The van der Waals surface area contributed by atoms with Gasteiger partial charge in [0.05, 0.1) is 17.6 Å². The lowest BCUT2D eigenvalue weighted by atomic mass is 10.1. The number of aryl methyl sites for hydroxylation is 1. The molecule has 0 bridgehead atoms. The molecule has 1 aliphatic heterocycles. The summed E-state index contributed by atoms with van der Waals surface area (Å²) < 4.78 is 14.4. The van der Waals surface area contributed by atoms with Crippen LogP contribution in [0.2, 0.25) is 0 Å². The number of carbonyl (C=O) groups excluding carboxylic acids is 1. The first-order valence-electron chi connectivity index (χ1n) is 8.42. The normalized spacial score (nSPS) is 14.2. The van der Waals surface area contributed by atoms with Gasteiger partial charge in [-0.05, 0) is 49.6 Å². The minimum absolute atomic E-state index is 0.300. The van der Waals surface area contributed by atoms with E-state index in [1.54, 1.807) is 18.3 Å². The van der Waals surface area contributed by atoms with Crippen LogP contribution in [-0.4, -0.2) is 29.0 Å². The minimum Gasteiger partial charge on any atom is -0.369 e. The molecule has 1 amide bonds. The summed E-state index contributed by atoms with van der Waals surface area (Å²) in [6.07, 6.45) is 5.58. The molecule has 0 atom stereocenters. The zero-order valence-electron chi connectivity index (χ0n) is 14.0. The van der Waals surface area contributed by atoms with Crippen LogP contribution in [0.25, 0.3) is 11.0 Å². The molecule has 2 aromatic heterocycles. The number of fused-ring (bicyclic) bond motifs is 1. The van der Waals surface area contributed by atoms with Crippen LogP contribution < -0.4 is 10.2 Å². The predicted octanol–water partition coefficient (Wildman–Crippen LogP) is 3.86. The van der Waals surface area contributed by atoms with Crippen molar-refractivity contribution in [3.63, 3.8) is 0 Å². The van der Waals surface area contributed by atoms with Crippen LogP contribution in [0.5, 0.6) is 0 Å². The zero-order chi connectivity index (χ0) is 17.4. The SMILES string of the molecule is Cc1c(NC(=O)c2ccc(N3CCCC3)c(F)c2)cnc2[nH]ccc12. The highest BCUT2D eigenvalue weighted by molar-refractivity contribution is 6.05. The molecule has 0 saturated carbocycles. The van der Waals surface area contributed by atoms with E-state index in [4.69, 9.17) is 0 Å². The highest BCUT2D eigenvalue weighted by Gasteiger charge is 2.18. The summed E-state index contributed by atoms with van der Waals surface area (Å²) in [5.41, 5.74) is 3.20. The van der Waals surface area contributed by atoms with E-state index in [1.165, 1.54) is 6.07 Å². The van der Waals surface area contributed by atoms with E-state index < -0.39 is 0 Å². The maximum absolute atomic E-state index is 14.4. The third kappa shape index (κ3) is 2.84. The summed E-state index contributed by atoms with van der Waals surface area (Å²) >= 11 is 0. The number of benzene rings is 1. The van der Waals surface area contributed by atoms with Crippen LogP contribution in [0, 0.1) is 12.7 Å². The van der Waals surface area contributed by atoms with E-state index >= 15 is 0 Å². The Kier molecular flexibility index (Phi) is 3.87. The van der Waals surface area contributed by atoms with Crippen LogP contribution in [0.15, 0.2) is 36.7 Å². The lowest BCUT2D eigenvalue weighted by Gasteiger charge is -2.18. The van der Waals surface area contributed by atoms with Crippen LogP contribution >= 0.6 is 0 Å². The Bertz CT molecular complexity index is 944. The molecule has 25 heavy (non-hydrogen) atoms. The minimum atomic E-state index is -0.356. The molecule has 0 unspecified atom stereocenters. The van der Waals surface area contributed by atoms with Gasteiger partial charge < -0.3 is 15.2 Å². The maximum Gasteiger partial charge on any atom is 0.255 e. The largest absolute Gasteiger partial charge is 0.369 e. The van der Waals surface area contributed by atoms with Crippen molar-refractivity contribution in [2.45, 2.75) is 19.8 Å². The van der Waals surface area contributed by atoms with Gasteiger partial charge in [-0.2, -0.15) is 0 Å². The van der Waals surface area contributed by atoms with Gasteiger partial charge >= 0.3 is 0 Å². The number of rotatable bonds is 3. The molecule has 2 N–H and O–H groups in total. The number of halogens is 1. The summed E-state index contributed by atoms with van der Waals surface area (Å²) in [5.74, 6) is -0.697. The van der Waals surface area contributed by atoms with Gasteiger partial charge in [-0.25, -0.2) is 9.37 Å². The smallest absolute Gasteiger partial charge is 0.255 e. The molecule has 1 saturated heterocycles. The van der Waals surface area contributed by atoms with Gasteiger partial charge in [0.1, 0.15) is 11.5 Å². The molecular formula is C19H19FN4O. The fraction of sp³-hybridized carbons (Fsp3) is 0.263. The molecule has 128 valence electrons. The van der Waals surface area contributed by atoms with E-state index in [0.717, 1.165) is 42.5 Å². The molecule has 4 rings (SSSR count). The van der Waals surface area contributed by atoms with Gasteiger partial charge in [-0.15, -0.1) is 0 Å². The van der Waals surface area contributed by atoms with Crippen molar-refractivity contribution >= 4 is 28.3 Å². The number of H-pyrrole nitrogens is 1. The molecule has 1 fully saturated rings. The average Bonchev–Trinajstić information content (AvgIpc) is 3.28. The Labute approximate surface area is 144 Å². The van der Waals surface area contributed by atoms with E-state index in [-0.39, 0.29) is 11.7 Å². The lowest BCUT2D eigenvalue weighted by molar-refractivity contribution is 0.102. The number of amides is 1. The van der Waals surface area contributed by atoms with Gasteiger partial charge in [0.25, 0.3) is 5.91 Å². The van der Waals surface area contributed by atoms with Crippen molar-refractivity contribution in [3.8, 4) is 0 Å². The summed E-state index contributed by atoms with van der Waals surface area (Å²) in [5, 5.41) is 3.78. The highest BCUT2D eigenvalue weighted by Crippen LogP contribution is 2.26. The lowest BCUT2D eigenvalue weighted by Crippen LogP contribution is -2.20. The van der Waals surface area contributed by atoms with Crippen molar-refractivity contribution in [1.82, 2.24) is 9.97 Å². The van der Waals surface area contributed by atoms with Crippen LogP contribution in [0.4, 0.5) is 15.8 Å². The molecular weight excluding hydrogens is 319 g/mol. The quantitative estimate of drug-likeness (QED) is 0.762. The summed E-state index contributed by atoms with van der Waals surface area (Å²) in [6.45, 7) is 3.65. The van der Waals surface area contributed by atoms with Gasteiger partial charge in [-0.1, -0.05) is 0 Å². The average molecular weight is 338 g/mol. The van der Waals surface area contributed by atoms with Crippen molar-refractivity contribution in [2.75, 3.05) is 23.3 Å². The van der Waals surface area contributed by atoms with Crippen molar-refractivity contribution < 1.29 is 9.18 Å². The monoisotopic (exact) mass is 338 g/mol. The number of nitrogens with zero attached hydrogens (tertiary/aromatic N) is 2. The third-order valence-electron chi connectivity index (χ3n) is 4.76. The summed E-state index contributed by atoms with van der Waals surface area (Å²) in [4.78, 5) is 21.8. The number of nitrogens with one attached hydrogen (secondary N) is 2. The topological polar surface area (TPSA) is 61.0 Å². The van der Waals surface area contributed by atoms with Crippen molar-refractivity contribution in [1.29, 1.82) is 0 Å². The molecule has 6 heteroatoms. The van der Waals surface area contributed by atoms with Gasteiger partial charge in [-0.3, -0.25) is 4.79 Å². The van der Waals surface area contributed by atoms with Gasteiger partial charge in [0, 0.05) is 30.2 Å². The first-order chi connectivity index (χ1) is 12.1. The van der Waals surface area contributed by atoms with Gasteiger partial charge in [0.15, 0.2) is 0 Å². The summed E-state index contributed by atoms with van der Waals surface area (Å²) in [7, 11) is 0. The Morgan fingerprint density at radius 1 is 1.28 bits per heavy atom. The number of hydrogen-bond donors (Lipinski definition) is 2. The number of aromatic amines is 1. The van der Waals surface area contributed by atoms with Crippen LogP contribution in [0.3, 0.4) is 0 Å². The second-order valence-corrected chi connectivity index (χ2v) is 6.35. The predicted molar refractivity (Wildman–Crippen MR) is 96.6 cm³/mol. The number of aromatic nitrogens is 2. The van der Waals surface area contributed by atoms with E-state index in [9.17, 15) is 9.18 Å². The molecule has 0 aliphatic carbocycles. The number of hydrogen-bond acceptors (Lipinski definition) is 3. The highest BCUT2D eigenvalue weighted by atomic mass is 19.1. The van der Waals surface area contributed by atoms with E-state index in [0.29, 0.717) is 16.9 Å². The first-order valence-corrected chi connectivity index (χ1v) is 8.42.